The Morgan fingerprint density at radius 1 is 1.03 bits per heavy atom. The number of pyridine rings is 1. The second-order valence-electron chi connectivity index (χ2n) is 6.75. The van der Waals surface area contributed by atoms with Crippen molar-refractivity contribution in [2.75, 3.05) is 10.0 Å². The van der Waals surface area contributed by atoms with E-state index >= 15 is 0 Å². The molecule has 0 atom stereocenters. The number of halogens is 2. The van der Waals surface area contributed by atoms with Crippen LogP contribution in [0, 0.1) is 0 Å². The summed E-state index contributed by atoms with van der Waals surface area (Å²) in [6.07, 6.45) is 1.48. The number of rotatable bonds is 5. The van der Waals surface area contributed by atoms with Crippen LogP contribution in [0.2, 0.25) is 10.0 Å². The van der Waals surface area contributed by atoms with Crippen molar-refractivity contribution >= 4 is 50.5 Å². The number of carbonyl (C=O) groups is 1. The van der Waals surface area contributed by atoms with E-state index in [1.165, 1.54) is 35.0 Å². The highest BCUT2D eigenvalue weighted by Gasteiger charge is 2.25. The third kappa shape index (κ3) is 4.07. The maximum atomic E-state index is 12.9. The van der Waals surface area contributed by atoms with Gasteiger partial charge in [-0.2, -0.15) is 0 Å². The van der Waals surface area contributed by atoms with E-state index in [1.54, 1.807) is 24.3 Å². The zero-order valence-electron chi connectivity index (χ0n) is 15.4. The third-order valence-electron chi connectivity index (χ3n) is 4.61. The molecule has 1 aromatic heterocycles. The topological polar surface area (TPSA) is 97.3 Å². The highest BCUT2D eigenvalue weighted by Crippen LogP contribution is 2.33. The van der Waals surface area contributed by atoms with E-state index < -0.39 is 10.0 Å². The van der Waals surface area contributed by atoms with Crippen LogP contribution in [0.3, 0.4) is 0 Å². The summed E-state index contributed by atoms with van der Waals surface area (Å²) in [6, 6.07) is 12.5. The van der Waals surface area contributed by atoms with Gasteiger partial charge in [0.05, 0.1) is 23.7 Å². The van der Waals surface area contributed by atoms with Gasteiger partial charge in [0.1, 0.15) is 4.90 Å². The summed E-state index contributed by atoms with van der Waals surface area (Å²) in [5, 5.41) is 3.10. The zero-order chi connectivity index (χ0) is 21.5. The Bertz CT molecular complexity index is 1340. The highest BCUT2D eigenvalue weighted by atomic mass is 35.5. The SMILES string of the molecule is O=C1Cc2cc(S(=O)(=O)Nc3ccc(=O)n(Cc4ccccc4Cl)c3)c(Cl)cc2N1. The lowest BCUT2D eigenvalue weighted by atomic mass is 10.2. The Morgan fingerprint density at radius 2 is 1.80 bits per heavy atom. The predicted molar refractivity (Wildman–Crippen MR) is 116 cm³/mol. The van der Waals surface area contributed by atoms with Crippen LogP contribution in [0.25, 0.3) is 0 Å². The van der Waals surface area contributed by atoms with Crippen molar-refractivity contribution in [1.29, 1.82) is 0 Å². The first-order chi connectivity index (χ1) is 14.2. The maximum Gasteiger partial charge on any atom is 0.263 e. The van der Waals surface area contributed by atoms with Gasteiger partial charge >= 0.3 is 0 Å². The molecular formula is C20H15Cl2N3O4S. The molecule has 1 amide bonds. The number of nitrogens with zero attached hydrogens (tertiary/aromatic N) is 1. The Balaban J connectivity index is 1.65. The van der Waals surface area contributed by atoms with Crippen molar-refractivity contribution in [2.45, 2.75) is 17.9 Å². The molecule has 0 aliphatic carbocycles. The summed E-state index contributed by atoms with van der Waals surface area (Å²) in [6.45, 7) is 0.182. The van der Waals surface area contributed by atoms with Gasteiger partial charge < -0.3 is 9.88 Å². The Morgan fingerprint density at radius 3 is 2.57 bits per heavy atom. The lowest BCUT2D eigenvalue weighted by Gasteiger charge is -2.13. The standard InChI is InChI=1S/C20H15Cl2N3O4S/c21-15-4-2-1-3-12(15)10-25-11-14(5-6-20(25)27)24-30(28,29)18-7-13-8-19(26)23-17(13)9-16(18)22/h1-7,9,11,24H,8,10H2,(H,23,26). The smallest absolute Gasteiger partial charge is 0.263 e. The van der Waals surface area contributed by atoms with Crippen LogP contribution < -0.4 is 15.6 Å². The van der Waals surface area contributed by atoms with E-state index in [9.17, 15) is 18.0 Å². The monoisotopic (exact) mass is 463 g/mol. The van der Waals surface area contributed by atoms with Gasteiger partial charge in [0.2, 0.25) is 5.91 Å². The van der Waals surface area contributed by atoms with Crippen LogP contribution in [-0.2, 0) is 27.8 Å². The first kappa shape index (κ1) is 20.5. The number of carbonyl (C=O) groups excluding carboxylic acids is 1. The molecule has 0 unspecified atom stereocenters. The molecule has 0 saturated heterocycles. The zero-order valence-corrected chi connectivity index (χ0v) is 17.7. The molecule has 1 aliphatic heterocycles. The number of nitrogens with one attached hydrogen (secondary N) is 2. The second-order valence-corrected chi connectivity index (χ2v) is 9.21. The van der Waals surface area contributed by atoms with Crippen LogP contribution >= 0.6 is 23.2 Å². The van der Waals surface area contributed by atoms with E-state index in [2.05, 4.69) is 10.0 Å². The number of anilines is 2. The minimum atomic E-state index is -4.06. The molecule has 2 aromatic carbocycles. The molecule has 10 heteroatoms. The molecule has 2 N–H and O–H groups in total. The highest BCUT2D eigenvalue weighted by molar-refractivity contribution is 7.92. The molecule has 7 nitrogen and oxygen atoms in total. The second kappa shape index (κ2) is 7.79. The van der Waals surface area contributed by atoms with E-state index in [0.29, 0.717) is 16.3 Å². The number of amides is 1. The molecule has 0 spiro atoms. The molecule has 3 aromatic rings. The molecule has 0 fully saturated rings. The fourth-order valence-electron chi connectivity index (χ4n) is 3.17. The van der Waals surface area contributed by atoms with Crippen LogP contribution in [0.15, 0.2) is 64.4 Å². The van der Waals surface area contributed by atoms with Crippen LogP contribution in [0.5, 0.6) is 0 Å². The quantitative estimate of drug-likeness (QED) is 0.604. The summed E-state index contributed by atoms with van der Waals surface area (Å²) >= 11 is 12.3. The van der Waals surface area contributed by atoms with Gasteiger partial charge in [0.25, 0.3) is 15.6 Å². The minimum Gasteiger partial charge on any atom is -0.325 e. The molecule has 154 valence electrons. The number of aromatic nitrogens is 1. The summed E-state index contributed by atoms with van der Waals surface area (Å²) < 4.78 is 29.6. The Kier molecular flexibility index (Phi) is 5.31. The van der Waals surface area contributed by atoms with Crippen LogP contribution in [0.1, 0.15) is 11.1 Å². The van der Waals surface area contributed by atoms with Gasteiger partial charge in [-0.25, -0.2) is 8.42 Å². The van der Waals surface area contributed by atoms with Gasteiger partial charge in [-0.05, 0) is 35.4 Å². The van der Waals surface area contributed by atoms with E-state index in [4.69, 9.17) is 23.2 Å². The van der Waals surface area contributed by atoms with Crippen LogP contribution in [-0.4, -0.2) is 18.9 Å². The largest absolute Gasteiger partial charge is 0.325 e. The first-order valence-electron chi connectivity index (χ1n) is 8.82. The van der Waals surface area contributed by atoms with Gasteiger partial charge in [-0.3, -0.25) is 14.3 Å². The number of hydrogen-bond donors (Lipinski definition) is 2. The predicted octanol–water partition coefficient (Wildman–Crippen LogP) is 3.50. The van der Waals surface area contributed by atoms with Crippen molar-refractivity contribution in [3.8, 4) is 0 Å². The average Bonchev–Trinajstić information content (AvgIpc) is 3.04. The number of sulfonamides is 1. The molecule has 4 rings (SSSR count). The number of fused-ring (bicyclic) bond motifs is 1. The molecule has 0 saturated carbocycles. The number of benzene rings is 2. The maximum absolute atomic E-state index is 12.9. The summed E-state index contributed by atoms with van der Waals surface area (Å²) in [4.78, 5) is 23.6. The van der Waals surface area contributed by atoms with E-state index in [0.717, 1.165) is 5.56 Å². The van der Waals surface area contributed by atoms with Gasteiger partial charge in [-0.15, -0.1) is 0 Å². The minimum absolute atomic E-state index is 0.0205. The third-order valence-corrected chi connectivity index (χ3v) is 6.82. The van der Waals surface area contributed by atoms with E-state index in [1.807, 2.05) is 0 Å². The van der Waals surface area contributed by atoms with Crippen molar-refractivity contribution < 1.29 is 13.2 Å². The summed E-state index contributed by atoms with van der Waals surface area (Å²) in [5.74, 6) is -0.227. The molecule has 2 heterocycles. The van der Waals surface area contributed by atoms with Crippen molar-refractivity contribution in [2.24, 2.45) is 0 Å². The fraction of sp³-hybridized carbons (Fsp3) is 0.100. The molecule has 1 aliphatic rings. The van der Waals surface area contributed by atoms with Crippen molar-refractivity contribution in [1.82, 2.24) is 4.57 Å². The average molecular weight is 464 g/mol. The normalized spacial score (nSPS) is 13.1. The Hall–Kier alpha value is -2.81. The Labute approximate surface area is 182 Å². The van der Waals surface area contributed by atoms with Crippen molar-refractivity contribution in [3.63, 3.8) is 0 Å². The summed E-state index contributed by atoms with van der Waals surface area (Å²) in [7, 11) is -4.06. The van der Waals surface area contributed by atoms with E-state index in [-0.39, 0.29) is 40.0 Å². The van der Waals surface area contributed by atoms with Crippen LogP contribution in [0.4, 0.5) is 11.4 Å². The van der Waals surface area contributed by atoms with Gasteiger partial charge in [-0.1, -0.05) is 41.4 Å². The summed E-state index contributed by atoms with van der Waals surface area (Å²) in [5.41, 5.74) is 1.65. The lowest BCUT2D eigenvalue weighted by Crippen LogP contribution is -2.21. The van der Waals surface area contributed by atoms with Gasteiger partial charge in [0, 0.05) is 23.0 Å². The lowest BCUT2D eigenvalue weighted by molar-refractivity contribution is -0.115. The molecular weight excluding hydrogens is 449 g/mol. The molecule has 0 bridgehead atoms. The fourth-order valence-corrected chi connectivity index (χ4v) is 4.98. The van der Waals surface area contributed by atoms with Crippen molar-refractivity contribution in [3.05, 3.63) is 86.3 Å². The first-order valence-corrected chi connectivity index (χ1v) is 11.1. The molecule has 30 heavy (non-hydrogen) atoms. The molecule has 0 radical (unpaired) electrons. The number of hydrogen-bond acceptors (Lipinski definition) is 4. The van der Waals surface area contributed by atoms with Gasteiger partial charge in [0.15, 0.2) is 0 Å².